The molecule has 0 bridgehead atoms. The molecule has 1 amide bonds. The highest BCUT2D eigenvalue weighted by atomic mass is 16.4. The largest absolute Gasteiger partial charge is 0.480 e. The summed E-state index contributed by atoms with van der Waals surface area (Å²) in [6, 6.07) is 8.12. The van der Waals surface area contributed by atoms with Crippen LogP contribution in [0.2, 0.25) is 6.32 Å². The zero-order valence-corrected chi connectivity index (χ0v) is 15.4. The highest BCUT2D eigenvalue weighted by Gasteiger charge is 2.51. The summed E-state index contributed by atoms with van der Waals surface area (Å²) in [6.07, 6.45) is 3.35. The number of aliphatic carboxylic acids is 1. The second-order valence-electron chi connectivity index (χ2n) is 7.88. The van der Waals surface area contributed by atoms with Crippen LogP contribution in [0.3, 0.4) is 0 Å². The van der Waals surface area contributed by atoms with E-state index in [2.05, 4.69) is 6.07 Å². The Morgan fingerprint density at radius 1 is 1.26 bits per heavy atom. The quantitative estimate of drug-likeness (QED) is 0.531. The normalized spacial score (nSPS) is 27.3. The van der Waals surface area contributed by atoms with Crippen molar-refractivity contribution < 1.29 is 24.7 Å². The first-order valence-electron chi connectivity index (χ1n) is 9.55. The van der Waals surface area contributed by atoms with Crippen molar-refractivity contribution in [2.45, 2.75) is 44.0 Å². The van der Waals surface area contributed by atoms with Crippen molar-refractivity contribution in [1.29, 1.82) is 0 Å². The smallest absolute Gasteiger partial charge is 0.451 e. The zero-order chi connectivity index (χ0) is 19.6. The van der Waals surface area contributed by atoms with Gasteiger partial charge in [0.2, 0.25) is 5.91 Å². The van der Waals surface area contributed by atoms with Gasteiger partial charge in [-0.3, -0.25) is 9.59 Å². The van der Waals surface area contributed by atoms with Gasteiger partial charge in [-0.05, 0) is 43.1 Å². The van der Waals surface area contributed by atoms with Crippen LogP contribution in [0.5, 0.6) is 0 Å². The van der Waals surface area contributed by atoms with Crippen LogP contribution in [-0.2, 0) is 22.4 Å². The molecule has 146 valence electrons. The fourth-order valence-electron chi connectivity index (χ4n) is 4.41. The highest BCUT2D eigenvalue weighted by molar-refractivity contribution is 6.40. The molecule has 27 heavy (non-hydrogen) atoms. The maximum absolute atomic E-state index is 13.0. The molecule has 1 heterocycles. The lowest BCUT2D eigenvalue weighted by Gasteiger charge is -2.28. The van der Waals surface area contributed by atoms with Crippen molar-refractivity contribution in [3.63, 3.8) is 0 Å². The van der Waals surface area contributed by atoms with Crippen LogP contribution in [0.4, 0.5) is 0 Å². The van der Waals surface area contributed by atoms with Crippen molar-refractivity contribution >= 4 is 19.0 Å². The lowest BCUT2D eigenvalue weighted by atomic mass is 9.78. The molecule has 1 saturated heterocycles. The van der Waals surface area contributed by atoms with Gasteiger partial charge in [0.05, 0.1) is 0 Å². The van der Waals surface area contributed by atoms with Gasteiger partial charge in [0.1, 0.15) is 5.54 Å². The number of carbonyl (C=O) groups excluding carboxylic acids is 1. The van der Waals surface area contributed by atoms with Crippen LogP contribution < -0.4 is 5.73 Å². The number of nitrogens with two attached hydrogens (primary N) is 1. The summed E-state index contributed by atoms with van der Waals surface area (Å²) in [4.78, 5) is 26.4. The van der Waals surface area contributed by atoms with Crippen molar-refractivity contribution in [3.8, 4) is 0 Å². The number of amides is 1. The molecule has 5 N–H and O–H groups in total. The molecule has 0 saturated carbocycles. The minimum absolute atomic E-state index is 0.00561. The minimum atomic E-state index is -1.48. The average molecular weight is 374 g/mol. The second kappa shape index (κ2) is 8.00. The van der Waals surface area contributed by atoms with Crippen molar-refractivity contribution in [1.82, 2.24) is 4.90 Å². The molecule has 1 aromatic carbocycles. The molecule has 1 aromatic rings. The fraction of sp³-hybridized carbons (Fsp3) is 0.579. The fourth-order valence-corrected chi connectivity index (χ4v) is 4.41. The Morgan fingerprint density at radius 2 is 1.96 bits per heavy atom. The third-order valence-corrected chi connectivity index (χ3v) is 6.04. The topological polar surface area (TPSA) is 124 Å². The maximum atomic E-state index is 13.0. The summed E-state index contributed by atoms with van der Waals surface area (Å²) in [5, 5.41) is 27.6. The van der Waals surface area contributed by atoms with Crippen LogP contribution in [0.25, 0.3) is 0 Å². The standard InChI is InChI=1S/C19H27BN2O5/c21-19(18(24)25)12-22(11-16(19)6-3-9-20(26)27)17(23)15-8-7-13-4-1-2-5-14(13)10-15/h1-2,4-5,15-16,26-27H,3,6-12,21H2,(H,24,25)/t15?,16-,19-/m0/s1. The number of hydrogen-bond donors (Lipinski definition) is 4. The Balaban J connectivity index is 1.68. The molecule has 1 unspecified atom stereocenters. The Labute approximate surface area is 159 Å². The summed E-state index contributed by atoms with van der Waals surface area (Å²) in [7, 11) is -1.41. The van der Waals surface area contributed by atoms with Crippen LogP contribution in [0, 0.1) is 11.8 Å². The molecule has 1 aliphatic carbocycles. The van der Waals surface area contributed by atoms with Gasteiger partial charge in [-0.1, -0.05) is 30.7 Å². The first-order chi connectivity index (χ1) is 12.8. The SMILES string of the molecule is N[C@@]1(C(=O)O)CN(C(=O)C2CCc3ccccc3C2)C[C@@H]1CCCB(O)O. The summed E-state index contributed by atoms with van der Waals surface area (Å²) < 4.78 is 0. The Kier molecular flexibility index (Phi) is 5.88. The summed E-state index contributed by atoms with van der Waals surface area (Å²) >= 11 is 0. The van der Waals surface area contributed by atoms with E-state index in [1.165, 1.54) is 11.1 Å². The molecule has 2 aliphatic rings. The van der Waals surface area contributed by atoms with Gasteiger partial charge in [-0.15, -0.1) is 0 Å². The van der Waals surface area contributed by atoms with Gasteiger partial charge in [-0.2, -0.15) is 0 Å². The number of benzene rings is 1. The predicted octanol–water partition coefficient (Wildman–Crippen LogP) is 0.285. The Hall–Kier alpha value is -1.90. The van der Waals surface area contributed by atoms with E-state index in [1.54, 1.807) is 4.90 Å². The van der Waals surface area contributed by atoms with Crippen LogP contribution in [0.15, 0.2) is 24.3 Å². The molecule has 3 atom stereocenters. The number of fused-ring (bicyclic) bond motifs is 1. The summed E-state index contributed by atoms with van der Waals surface area (Å²) in [5.41, 5.74) is 7.16. The zero-order valence-electron chi connectivity index (χ0n) is 15.4. The lowest BCUT2D eigenvalue weighted by molar-refractivity contribution is -0.144. The first kappa shape index (κ1) is 19.9. The second-order valence-corrected chi connectivity index (χ2v) is 7.88. The number of likely N-dealkylation sites (tertiary alicyclic amines) is 1. The number of rotatable bonds is 6. The van der Waals surface area contributed by atoms with E-state index in [4.69, 9.17) is 15.8 Å². The molecule has 1 aliphatic heterocycles. The van der Waals surface area contributed by atoms with Crippen molar-refractivity contribution in [2.75, 3.05) is 13.1 Å². The van der Waals surface area contributed by atoms with Gasteiger partial charge in [0.25, 0.3) is 0 Å². The van der Waals surface area contributed by atoms with E-state index in [0.717, 1.165) is 12.8 Å². The van der Waals surface area contributed by atoms with Crippen molar-refractivity contribution in [3.05, 3.63) is 35.4 Å². The Morgan fingerprint density at radius 3 is 2.63 bits per heavy atom. The third kappa shape index (κ3) is 4.18. The number of nitrogens with zero attached hydrogens (tertiary/aromatic N) is 1. The summed E-state index contributed by atoms with van der Waals surface area (Å²) in [6.45, 7) is 0.312. The van der Waals surface area contributed by atoms with Crippen molar-refractivity contribution in [2.24, 2.45) is 17.6 Å². The molecular weight excluding hydrogens is 347 g/mol. The lowest BCUT2D eigenvalue weighted by Crippen LogP contribution is -2.55. The van der Waals surface area contributed by atoms with Gasteiger partial charge in [0.15, 0.2) is 0 Å². The molecule has 0 spiro atoms. The van der Waals surface area contributed by atoms with E-state index >= 15 is 0 Å². The number of carbonyl (C=O) groups is 2. The molecule has 0 aromatic heterocycles. The van der Waals surface area contributed by atoms with Crippen LogP contribution in [-0.4, -0.2) is 57.7 Å². The van der Waals surface area contributed by atoms with E-state index in [1.807, 2.05) is 18.2 Å². The maximum Gasteiger partial charge on any atom is 0.451 e. The van der Waals surface area contributed by atoms with E-state index in [9.17, 15) is 14.7 Å². The monoisotopic (exact) mass is 374 g/mol. The first-order valence-corrected chi connectivity index (χ1v) is 9.55. The van der Waals surface area contributed by atoms with E-state index in [0.29, 0.717) is 25.8 Å². The van der Waals surface area contributed by atoms with Crippen LogP contribution >= 0.6 is 0 Å². The molecule has 8 heteroatoms. The molecular formula is C19H27BN2O5. The molecule has 0 radical (unpaired) electrons. The minimum Gasteiger partial charge on any atom is -0.480 e. The number of aryl methyl sites for hydroxylation is 1. The molecule has 7 nitrogen and oxygen atoms in total. The van der Waals surface area contributed by atoms with Crippen LogP contribution in [0.1, 0.15) is 30.4 Å². The summed E-state index contributed by atoms with van der Waals surface area (Å²) in [5.74, 6) is -1.67. The average Bonchev–Trinajstić information content (AvgIpc) is 2.98. The number of carboxylic acid groups (broad SMARTS) is 1. The number of hydrogen-bond acceptors (Lipinski definition) is 5. The predicted molar refractivity (Wildman–Crippen MR) is 101 cm³/mol. The third-order valence-electron chi connectivity index (χ3n) is 6.04. The van der Waals surface area contributed by atoms with Gasteiger partial charge >= 0.3 is 13.1 Å². The Bertz CT molecular complexity index is 713. The molecule has 3 rings (SSSR count). The highest BCUT2D eigenvalue weighted by Crippen LogP contribution is 2.34. The van der Waals surface area contributed by atoms with E-state index in [-0.39, 0.29) is 24.7 Å². The number of carboxylic acids is 1. The van der Waals surface area contributed by atoms with Gasteiger partial charge in [0, 0.05) is 24.9 Å². The van der Waals surface area contributed by atoms with E-state index < -0.39 is 24.5 Å². The van der Waals surface area contributed by atoms with Gasteiger partial charge in [-0.25, -0.2) is 0 Å². The molecule has 1 fully saturated rings. The van der Waals surface area contributed by atoms with Gasteiger partial charge < -0.3 is 25.8 Å².